The summed E-state index contributed by atoms with van der Waals surface area (Å²) >= 11 is 0. The minimum Gasteiger partial charge on any atom is -0.408 e. The summed E-state index contributed by atoms with van der Waals surface area (Å²) in [5.41, 5.74) is 0. The molecule has 1 aliphatic rings. The molecule has 1 aliphatic heterocycles. The number of rotatable bonds is 2. The van der Waals surface area contributed by atoms with Gasteiger partial charge in [0, 0.05) is 12.5 Å². The molecule has 0 unspecified atom stereocenters. The first-order chi connectivity index (χ1) is 6.66. The smallest absolute Gasteiger partial charge is 0.318 e. The molecule has 1 fully saturated rings. The summed E-state index contributed by atoms with van der Waals surface area (Å²) < 4.78 is 18.3. The van der Waals surface area contributed by atoms with Gasteiger partial charge in [0.25, 0.3) is 0 Å². The Morgan fingerprint density at radius 3 is 2.79 bits per heavy atom. The van der Waals surface area contributed by atoms with E-state index in [0.717, 1.165) is 0 Å². The first-order valence-corrected chi connectivity index (χ1v) is 4.89. The van der Waals surface area contributed by atoms with Crippen molar-refractivity contribution >= 4 is 6.01 Å². The summed E-state index contributed by atoms with van der Waals surface area (Å²) in [6.07, 6.45) is -0.205. The lowest BCUT2D eigenvalue weighted by Crippen LogP contribution is -2.20. The maximum Gasteiger partial charge on any atom is 0.318 e. The molecule has 0 amide bonds. The van der Waals surface area contributed by atoms with Gasteiger partial charge in [0.15, 0.2) is 0 Å². The third-order valence-corrected chi connectivity index (χ3v) is 2.33. The van der Waals surface area contributed by atoms with Gasteiger partial charge in [-0.1, -0.05) is 18.9 Å². The van der Waals surface area contributed by atoms with E-state index in [2.05, 4.69) is 10.2 Å². The van der Waals surface area contributed by atoms with E-state index in [-0.39, 0.29) is 5.92 Å². The van der Waals surface area contributed by atoms with Crippen molar-refractivity contribution in [1.82, 2.24) is 10.2 Å². The average molecular weight is 199 g/mol. The Hall–Kier alpha value is -1.13. The van der Waals surface area contributed by atoms with Crippen LogP contribution in [0, 0.1) is 0 Å². The Morgan fingerprint density at radius 2 is 2.29 bits per heavy atom. The molecule has 5 heteroatoms. The molecule has 0 saturated carbocycles. The first-order valence-electron chi connectivity index (χ1n) is 4.89. The van der Waals surface area contributed by atoms with Gasteiger partial charge in [-0.15, -0.1) is 5.10 Å². The van der Waals surface area contributed by atoms with Crippen LogP contribution in [0.25, 0.3) is 0 Å². The Morgan fingerprint density at radius 1 is 1.50 bits per heavy atom. The molecule has 0 spiro atoms. The average Bonchev–Trinajstić information content (AvgIpc) is 2.70. The fourth-order valence-electron chi connectivity index (χ4n) is 1.48. The van der Waals surface area contributed by atoms with Crippen LogP contribution in [0.4, 0.5) is 10.4 Å². The molecular weight excluding hydrogens is 185 g/mol. The predicted molar refractivity (Wildman–Crippen MR) is 50.1 cm³/mol. The van der Waals surface area contributed by atoms with Gasteiger partial charge in [0.1, 0.15) is 6.17 Å². The van der Waals surface area contributed by atoms with E-state index in [1.54, 1.807) is 4.90 Å². The predicted octanol–water partition coefficient (Wildman–Crippen LogP) is 1.74. The number of hydrogen-bond acceptors (Lipinski definition) is 4. The number of hydrogen-bond donors (Lipinski definition) is 0. The maximum absolute atomic E-state index is 12.9. The highest BCUT2D eigenvalue weighted by atomic mass is 19.1. The van der Waals surface area contributed by atoms with Gasteiger partial charge in [-0.25, -0.2) is 4.39 Å². The highest BCUT2D eigenvalue weighted by molar-refractivity contribution is 5.26. The van der Waals surface area contributed by atoms with Gasteiger partial charge < -0.3 is 9.32 Å². The van der Waals surface area contributed by atoms with Crippen LogP contribution in [0.15, 0.2) is 4.42 Å². The SMILES string of the molecule is CC(C)c1nnc(N2CC[C@H](F)C2)o1. The molecule has 1 atom stereocenters. The third-order valence-electron chi connectivity index (χ3n) is 2.33. The quantitative estimate of drug-likeness (QED) is 0.727. The normalized spacial score (nSPS) is 22.3. The van der Waals surface area contributed by atoms with Crippen LogP contribution in [0.3, 0.4) is 0 Å². The van der Waals surface area contributed by atoms with Crippen LogP contribution >= 0.6 is 0 Å². The number of alkyl halides is 1. The molecule has 0 N–H and O–H groups in total. The van der Waals surface area contributed by atoms with Crippen molar-refractivity contribution in [2.75, 3.05) is 18.0 Å². The summed E-state index contributed by atoms with van der Waals surface area (Å²) in [6.45, 7) is 5.01. The van der Waals surface area contributed by atoms with Gasteiger partial charge >= 0.3 is 6.01 Å². The zero-order valence-corrected chi connectivity index (χ0v) is 8.40. The van der Waals surface area contributed by atoms with Crippen molar-refractivity contribution in [2.24, 2.45) is 0 Å². The molecule has 1 aromatic rings. The molecule has 14 heavy (non-hydrogen) atoms. The Bertz CT molecular complexity index is 313. The molecule has 0 bridgehead atoms. The van der Waals surface area contributed by atoms with Gasteiger partial charge in [-0.2, -0.15) is 0 Å². The van der Waals surface area contributed by atoms with Crippen LogP contribution in [0.2, 0.25) is 0 Å². The number of aromatic nitrogens is 2. The van der Waals surface area contributed by atoms with Gasteiger partial charge in [-0.3, -0.25) is 0 Å². The molecule has 0 aliphatic carbocycles. The van der Waals surface area contributed by atoms with Crippen molar-refractivity contribution in [3.63, 3.8) is 0 Å². The number of nitrogens with zero attached hydrogens (tertiary/aromatic N) is 3. The lowest BCUT2D eigenvalue weighted by atomic mass is 10.2. The van der Waals surface area contributed by atoms with E-state index in [4.69, 9.17) is 4.42 Å². The standard InChI is InChI=1S/C9H14FN3O/c1-6(2)8-11-12-9(14-8)13-4-3-7(10)5-13/h6-7H,3-5H2,1-2H3/t7-/m0/s1. The Kier molecular flexibility index (Phi) is 2.39. The van der Waals surface area contributed by atoms with Crippen LogP contribution in [-0.4, -0.2) is 29.5 Å². The Labute approximate surface area is 82.1 Å². The van der Waals surface area contributed by atoms with E-state index in [1.807, 2.05) is 13.8 Å². The minimum atomic E-state index is -0.760. The fraction of sp³-hybridized carbons (Fsp3) is 0.778. The van der Waals surface area contributed by atoms with Crippen LogP contribution in [0.1, 0.15) is 32.1 Å². The molecular formula is C9H14FN3O. The zero-order valence-electron chi connectivity index (χ0n) is 8.40. The lowest BCUT2D eigenvalue weighted by Gasteiger charge is -2.10. The third kappa shape index (κ3) is 1.71. The van der Waals surface area contributed by atoms with Crippen molar-refractivity contribution in [3.8, 4) is 0 Å². The van der Waals surface area contributed by atoms with Gasteiger partial charge in [-0.05, 0) is 6.42 Å². The second kappa shape index (κ2) is 3.55. The summed E-state index contributed by atoms with van der Waals surface area (Å²) in [5, 5.41) is 7.80. The van der Waals surface area contributed by atoms with Crippen molar-refractivity contribution < 1.29 is 8.81 Å². The van der Waals surface area contributed by atoms with E-state index in [9.17, 15) is 4.39 Å². The minimum absolute atomic E-state index is 0.222. The molecule has 4 nitrogen and oxygen atoms in total. The van der Waals surface area contributed by atoms with Crippen LogP contribution in [0.5, 0.6) is 0 Å². The molecule has 2 heterocycles. The molecule has 1 aromatic heterocycles. The number of halogens is 1. The fourth-order valence-corrected chi connectivity index (χ4v) is 1.48. The second-order valence-corrected chi connectivity index (χ2v) is 3.91. The van der Waals surface area contributed by atoms with Gasteiger partial charge in [0.2, 0.25) is 5.89 Å². The Balaban J connectivity index is 2.09. The largest absolute Gasteiger partial charge is 0.408 e. The van der Waals surface area contributed by atoms with E-state index < -0.39 is 6.17 Å². The molecule has 0 aromatic carbocycles. The van der Waals surface area contributed by atoms with Crippen molar-refractivity contribution in [2.45, 2.75) is 32.4 Å². The van der Waals surface area contributed by atoms with Crippen molar-refractivity contribution in [1.29, 1.82) is 0 Å². The first kappa shape index (κ1) is 9.43. The highest BCUT2D eigenvalue weighted by Crippen LogP contribution is 2.22. The summed E-state index contributed by atoms with van der Waals surface area (Å²) in [7, 11) is 0. The van der Waals surface area contributed by atoms with E-state index in [0.29, 0.717) is 31.4 Å². The highest BCUT2D eigenvalue weighted by Gasteiger charge is 2.26. The van der Waals surface area contributed by atoms with Crippen LogP contribution < -0.4 is 4.90 Å². The maximum atomic E-state index is 12.9. The van der Waals surface area contributed by atoms with Crippen LogP contribution in [-0.2, 0) is 0 Å². The molecule has 1 saturated heterocycles. The zero-order chi connectivity index (χ0) is 10.1. The monoisotopic (exact) mass is 199 g/mol. The summed E-state index contributed by atoms with van der Waals surface area (Å²) in [6, 6.07) is 0.453. The van der Waals surface area contributed by atoms with Gasteiger partial charge in [0.05, 0.1) is 6.54 Å². The number of anilines is 1. The summed E-state index contributed by atoms with van der Waals surface area (Å²) in [4.78, 5) is 1.80. The second-order valence-electron chi connectivity index (χ2n) is 3.91. The molecule has 2 rings (SSSR count). The van der Waals surface area contributed by atoms with E-state index in [1.165, 1.54) is 0 Å². The topological polar surface area (TPSA) is 42.2 Å². The van der Waals surface area contributed by atoms with E-state index >= 15 is 0 Å². The lowest BCUT2D eigenvalue weighted by molar-refractivity contribution is 0.362. The summed E-state index contributed by atoms with van der Waals surface area (Å²) in [5.74, 6) is 0.835. The molecule has 78 valence electrons. The van der Waals surface area contributed by atoms with Crippen molar-refractivity contribution in [3.05, 3.63) is 5.89 Å². The molecule has 0 radical (unpaired) electrons.